The van der Waals surface area contributed by atoms with Crippen molar-refractivity contribution in [1.29, 1.82) is 0 Å². The number of nitrogens with zero attached hydrogens (tertiary/aromatic N) is 1. The maximum atomic E-state index is 12.1. The molecule has 0 bridgehead atoms. The van der Waals surface area contributed by atoms with Gasteiger partial charge in [-0.1, -0.05) is 0 Å². The first-order valence-electron chi connectivity index (χ1n) is 7.72. The number of carbonyl (C=O) groups is 1. The van der Waals surface area contributed by atoms with Gasteiger partial charge < -0.3 is 15.0 Å². The van der Waals surface area contributed by atoms with Crippen LogP contribution in [0.25, 0.3) is 0 Å². The largest absolute Gasteiger partial charge is 0.435 e. The summed E-state index contributed by atoms with van der Waals surface area (Å²) in [4.78, 5) is 14.0. The average molecular weight is 310 g/mol. The number of nitrogens with one attached hydrogen (secondary N) is 1. The van der Waals surface area contributed by atoms with E-state index >= 15 is 0 Å². The van der Waals surface area contributed by atoms with Crippen LogP contribution >= 0.6 is 0 Å². The molecule has 2 fully saturated rings. The molecule has 4 nitrogen and oxygen atoms in total. The van der Waals surface area contributed by atoms with Crippen molar-refractivity contribution >= 4 is 11.6 Å². The number of piperidine rings is 1. The number of alkyl halides is 2. The second-order valence-corrected chi connectivity index (χ2v) is 5.92. The smallest absolute Gasteiger partial charge is 0.387 e. The van der Waals surface area contributed by atoms with E-state index in [4.69, 9.17) is 0 Å². The zero-order chi connectivity index (χ0) is 15.5. The molecule has 120 valence electrons. The van der Waals surface area contributed by atoms with Gasteiger partial charge in [0.05, 0.1) is 0 Å². The third-order valence-corrected chi connectivity index (χ3v) is 4.22. The van der Waals surface area contributed by atoms with E-state index in [2.05, 4.69) is 15.0 Å². The van der Waals surface area contributed by atoms with Gasteiger partial charge in [0.2, 0.25) is 5.91 Å². The predicted octanol–water partition coefficient (Wildman–Crippen LogP) is 2.78. The minimum atomic E-state index is -2.79. The molecule has 1 N–H and O–H groups in total. The molecule has 0 spiro atoms. The summed E-state index contributed by atoms with van der Waals surface area (Å²) in [5.74, 6) is 0.623. The molecule has 1 amide bonds. The third-order valence-electron chi connectivity index (χ3n) is 4.22. The average Bonchev–Trinajstić information content (AvgIpc) is 3.33. The molecule has 1 aliphatic heterocycles. The summed E-state index contributed by atoms with van der Waals surface area (Å²) < 4.78 is 28.6. The van der Waals surface area contributed by atoms with Crippen LogP contribution in [0.1, 0.15) is 25.7 Å². The van der Waals surface area contributed by atoms with Gasteiger partial charge in [-0.15, -0.1) is 0 Å². The molecule has 1 aromatic rings. The van der Waals surface area contributed by atoms with Crippen molar-refractivity contribution in [3.63, 3.8) is 0 Å². The summed E-state index contributed by atoms with van der Waals surface area (Å²) in [6, 6.07) is 6.96. The van der Waals surface area contributed by atoms with E-state index in [1.165, 1.54) is 0 Å². The van der Waals surface area contributed by atoms with Crippen LogP contribution in [0, 0.1) is 5.92 Å². The van der Waals surface area contributed by atoms with Crippen molar-refractivity contribution < 1.29 is 18.3 Å². The van der Waals surface area contributed by atoms with Crippen LogP contribution in [0.5, 0.6) is 5.75 Å². The van der Waals surface area contributed by atoms with Crippen LogP contribution in [-0.2, 0) is 4.79 Å². The summed E-state index contributed by atoms with van der Waals surface area (Å²) >= 11 is 0. The highest BCUT2D eigenvalue weighted by atomic mass is 19.3. The fraction of sp³-hybridized carbons (Fsp3) is 0.562. The first kappa shape index (κ1) is 15.1. The molecule has 1 saturated heterocycles. The van der Waals surface area contributed by atoms with Gasteiger partial charge in [0, 0.05) is 30.7 Å². The Morgan fingerprint density at radius 2 is 1.77 bits per heavy atom. The molecule has 0 radical (unpaired) electrons. The van der Waals surface area contributed by atoms with Crippen LogP contribution in [0.15, 0.2) is 24.3 Å². The standard InChI is InChI=1S/C16H20F2N2O2/c17-16(18)22-14-5-3-13(4-6-14)20-9-7-12(8-10-20)19-15(21)11-1-2-11/h3-6,11-12,16H,1-2,7-10H2,(H,19,21). The Kier molecular flexibility index (Phi) is 4.45. The van der Waals surface area contributed by atoms with Crippen LogP contribution in [-0.4, -0.2) is 31.7 Å². The topological polar surface area (TPSA) is 41.6 Å². The molecule has 1 heterocycles. The highest BCUT2D eigenvalue weighted by Gasteiger charge is 2.31. The van der Waals surface area contributed by atoms with E-state index < -0.39 is 6.61 Å². The molecule has 2 aliphatic rings. The molecule has 1 aliphatic carbocycles. The van der Waals surface area contributed by atoms with E-state index in [-0.39, 0.29) is 23.6 Å². The Morgan fingerprint density at radius 3 is 2.32 bits per heavy atom. The fourth-order valence-electron chi connectivity index (χ4n) is 2.78. The molecule has 22 heavy (non-hydrogen) atoms. The van der Waals surface area contributed by atoms with Crippen molar-refractivity contribution in [3.8, 4) is 5.75 Å². The van der Waals surface area contributed by atoms with Crippen molar-refractivity contribution in [2.45, 2.75) is 38.3 Å². The second kappa shape index (κ2) is 6.50. The number of hydrogen-bond acceptors (Lipinski definition) is 3. The number of amides is 1. The predicted molar refractivity (Wildman–Crippen MR) is 79.2 cm³/mol. The first-order chi connectivity index (χ1) is 10.6. The minimum absolute atomic E-state index is 0.172. The lowest BCUT2D eigenvalue weighted by Crippen LogP contribution is -2.45. The Balaban J connectivity index is 1.49. The maximum absolute atomic E-state index is 12.1. The summed E-state index contributed by atoms with van der Waals surface area (Å²) in [5.41, 5.74) is 0.994. The summed E-state index contributed by atoms with van der Waals surface area (Å²) in [6.07, 6.45) is 3.87. The lowest BCUT2D eigenvalue weighted by atomic mass is 10.0. The molecule has 0 aromatic heterocycles. The monoisotopic (exact) mass is 310 g/mol. The molecular weight excluding hydrogens is 290 g/mol. The lowest BCUT2D eigenvalue weighted by Gasteiger charge is -2.34. The van der Waals surface area contributed by atoms with Gasteiger partial charge >= 0.3 is 6.61 Å². The molecule has 3 rings (SSSR count). The van der Waals surface area contributed by atoms with Crippen LogP contribution in [0.2, 0.25) is 0 Å². The molecule has 0 unspecified atom stereocenters. The van der Waals surface area contributed by atoms with E-state index in [0.717, 1.165) is 44.5 Å². The van der Waals surface area contributed by atoms with E-state index in [9.17, 15) is 13.6 Å². The molecule has 0 atom stereocenters. The number of rotatable bonds is 5. The van der Waals surface area contributed by atoms with E-state index in [1.54, 1.807) is 24.3 Å². The minimum Gasteiger partial charge on any atom is -0.435 e. The van der Waals surface area contributed by atoms with Crippen molar-refractivity contribution in [2.75, 3.05) is 18.0 Å². The quantitative estimate of drug-likeness (QED) is 0.909. The van der Waals surface area contributed by atoms with Crippen LogP contribution in [0.4, 0.5) is 14.5 Å². The number of hydrogen-bond donors (Lipinski definition) is 1. The summed E-state index contributed by atoms with van der Waals surface area (Å²) in [7, 11) is 0. The van der Waals surface area contributed by atoms with Gasteiger partial charge in [0.25, 0.3) is 0 Å². The van der Waals surface area contributed by atoms with Crippen molar-refractivity contribution in [3.05, 3.63) is 24.3 Å². The summed E-state index contributed by atoms with van der Waals surface area (Å²) in [6.45, 7) is -1.09. The van der Waals surface area contributed by atoms with Gasteiger partial charge in [-0.2, -0.15) is 8.78 Å². The zero-order valence-corrected chi connectivity index (χ0v) is 12.3. The highest BCUT2D eigenvalue weighted by molar-refractivity contribution is 5.81. The highest BCUT2D eigenvalue weighted by Crippen LogP contribution is 2.29. The molecule has 1 saturated carbocycles. The molecule has 1 aromatic carbocycles. The number of anilines is 1. The van der Waals surface area contributed by atoms with Crippen molar-refractivity contribution in [2.24, 2.45) is 5.92 Å². The van der Waals surface area contributed by atoms with Crippen LogP contribution < -0.4 is 15.0 Å². The zero-order valence-electron chi connectivity index (χ0n) is 12.3. The second-order valence-electron chi connectivity index (χ2n) is 5.92. The normalized spacial score (nSPS) is 19.3. The Bertz CT molecular complexity index is 509. The van der Waals surface area contributed by atoms with E-state index in [0.29, 0.717) is 0 Å². The Labute approximate surface area is 128 Å². The Hall–Kier alpha value is -1.85. The van der Waals surface area contributed by atoms with Gasteiger partial charge in [0.1, 0.15) is 5.75 Å². The number of ether oxygens (including phenoxy) is 1. The van der Waals surface area contributed by atoms with Crippen molar-refractivity contribution in [1.82, 2.24) is 5.32 Å². The number of halogens is 2. The maximum Gasteiger partial charge on any atom is 0.387 e. The lowest BCUT2D eigenvalue weighted by molar-refractivity contribution is -0.123. The van der Waals surface area contributed by atoms with Gasteiger partial charge in [-0.25, -0.2) is 0 Å². The summed E-state index contributed by atoms with van der Waals surface area (Å²) in [5, 5.41) is 3.11. The van der Waals surface area contributed by atoms with Crippen LogP contribution in [0.3, 0.4) is 0 Å². The molecule has 6 heteroatoms. The number of benzene rings is 1. The van der Waals surface area contributed by atoms with Gasteiger partial charge in [-0.05, 0) is 49.9 Å². The van der Waals surface area contributed by atoms with E-state index in [1.807, 2.05) is 0 Å². The fourth-order valence-corrected chi connectivity index (χ4v) is 2.78. The van der Waals surface area contributed by atoms with Gasteiger partial charge in [0.15, 0.2) is 0 Å². The SMILES string of the molecule is O=C(NC1CCN(c2ccc(OC(F)F)cc2)CC1)C1CC1. The molecular formula is C16H20F2N2O2. The third kappa shape index (κ3) is 3.87. The number of carbonyl (C=O) groups excluding carboxylic acids is 1. The van der Waals surface area contributed by atoms with Gasteiger partial charge in [-0.3, -0.25) is 4.79 Å². The first-order valence-corrected chi connectivity index (χ1v) is 7.72. The Morgan fingerprint density at radius 1 is 1.14 bits per heavy atom.